The highest BCUT2D eigenvalue weighted by Crippen LogP contribution is 2.18. The van der Waals surface area contributed by atoms with Crippen molar-refractivity contribution in [1.82, 2.24) is 24.7 Å². The second kappa shape index (κ2) is 4.72. The highest BCUT2D eigenvalue weighted by Gasteiger charge is 2.19. The molecule has 0 bridgehead atoms. The Labute approximate surface area is 120 Å². The summed E-state index contributed by atoms with van der Waals surface area (Å²) in [6, 6.07) is 1.20. The summed E-state index contributed by atoms with van der Waals surface area (Å²) in [5.74, 6) is 0.838. The second-order valence-electron chi connectivity index (χ2n) is 5.04. The maximum Gasteiger partial charge on any atom is 0.250 e. The fourth-order valence-corrected chi connectivity index (χ4v) is 2.18. The molecule has 0 aromatic carbocycles. The van der Waals surface area contributed by atoms with Gasteiger partial charge >= 0.3 is 0 Å². The maximum absolute atomic E-state index is 12.2. The fourth-order valence-electron chi connectivity index (χ4n) is 2.18. The summed E-state index contributed by atoms with van der Waals surface area (Å²) < 4.78 is 8.30. The molecular formula is C13H16N6O2. The van der Waals surface area contributed by atoms with E-state index in [-0.39, 0.29) is 5.91 Å². The molecule has 8 heteroatoms. The number of amides is 1. The molecule has 0 saturated carbocycles. The number of nitrogens with zero attached hydrogens (tertiary/aromatic N) is 5. The highest BCUT2D eigenvalue weighted by molar-refractivity contribution is 5.92. The van der Waals surface area contributed by atoms with E-state index in [9.17, 15) is 4.79 Å². The van der Waals surface area contributed by atoms with E-state index < -0.39 is 6.04 Å². The molecular weight excluding hydrogens is 272 g/mol. The van der Waals surface area contributed by atoms with E-state index >= 15 is 0 Å². The van der Waals surface area contributed by atoms with Crippen molar-refractivity contribution in [2.45, 2.75) is 26.8 Å². The van der Waals surface area contributed by atoms with E-state index in [1.54, 1.807) is 29.3 Å². The minimum absolute atomic E-state index is 0.207. The Bertz CT molecular complexity index is 777. The van der Waals surface area contributed by atoms with Crippen LogP contribution in [0.4, 0.5) is 5.82 Å². The molecule has 0 aliphatic rings. The number of rotatable bonds is 3. The SMILES string of the molecule is Cc1cc(NC(=O)[C@@H](C)n2cc3c(n2)c(C)nn3C)no1. The highest BCUT2D eigenvalue weighted by atomic mass is 16.5. The van der Waals surface area contributed by atoms with Gasteiger partial charge in [-0.1, -0.05) is 5.16 Å². The first kappa shape index (κ1) is 13.3. The van der Waals surface area contributed by atoms with E-state index in [2.05, 4.69) is 20.7 Å². The van der Waals surface area contributed by atoms with Crippen LogP contribution in [0, 0.1) is 13.8 Å². The summed E-state index contributed by atoms with van der Waals surface area (Å²) in [6.07, 6.45) is 1.81. The zero-order valence-corrected chi connectivity index (χ0v) is 12.3. The van der Waals surface area contributed by atoms with Crippen molar-refractivity contribution in [2.24, 2.45) is 7.05 Å². The molecule has 1 atom stereocenters. The molecule has 0 radical (unpaired) electrons. The first-order chi connectivity index (χ1) is 9.95. The van der Waals surface area contributed by atoms with Gasteiger partial charge in [-0.25, -0.2) is 0 Å². The lowest BCUT2D eigenvalue weighted by Crippen LogP contribution is -2.24. The number of aryl methyl sites for hydroxylation is 3. The lowest BCUT2D eigenvalue weighted by molar-refractivity contribution is -0.119. The average molecular weight is 288 g/mol. The Kier molecular flexibility index (Phi) is 3.00. The molecule has 0 aliphatic heterocycles. The molecule has 3 aromatic heterocycles. The third-order valence-corrected chi connectivity index (χ3v) is 3.36. The van der Waals surface area contributed by atoms with Gasteiger partial charge in [-0.15, -0.1) is 0 Å². The topological polar surface area (TPSA) is 90.8 Å². The minimum atomic E-state index is -0.464. The van der Waals surface area contributed by atoms with Crippen molar-refractivity contribution in [2.75, 3.05) is 5.32 Å². The lowest BCUT2D eigenvalue weighted by Gasteiger charge is -2.10. The number of anilines is 1. The lowest BCUT2D eigenvalue weighted by atomic mass is 10.3. The van der Waals surface area contributed by atoms with E-state index in [0.29, 0.717) is 11.6 Å². The predicted molar refractivity (Wildman–Crippen MR) is 75.8 cm³/mol. The molecule has 110 valence electrons. The van der Waals surface area contributed by atoms with E-state index in [1.165, 1.54) is 0 Å². The van der Waals surface area contributed by atoms with Crippen LogP contribution in [-0.2, 0) is 11.8 Å². The van der Waals surface area contributed by atoms with Crippen LogP contribution in [0.5, 0.6) is 0 Å². The van der Waals surface area contributed by atoms with Crippen LogP contribution in [-0.4, -0.2) is 30.6 Å². The van der Waals surface area contributed by atoms with Crippen molar-refractivity contribution < 1.29 is 9.32 Å². The number of carbonyl (C=O) groups excluding carboxylic acids is 1. The van der Waals surface area contributed by atoms with Gasteiger partial charge < -0.3 is 9.84 Å². The van der Waals surface area contributed by atoms with E-state index in [4.69, 9.17) is 4.52 Å². The van der Waals surface area contributed by atoms with E-state index in [0.717, 1.165) is 16.7 Å². The van der Waals surface area contributed by atoms with Gasteiger partial charge in [0.2, 0.25) is 5.91 Å². The number of carbonyl (C=O) groups is 1. The molecule has 1 amide bonds. The fraction of sp³-hybridized carbons (Fsp3) is 0.385. The smallest absolute Gasteiger partial charge is 0.250 e. The Morgan fingerprint density at radius 2 is 2.14 bits per heavy atom. The monoisotopic (exact) mass is 288 g/mol. The molecule has 1 N–H and O–H groups in total. The molecule has 21 heavy (non-hydrogen) atoms. The first-order valence-corrected chi connectivity index (χ1v) is 6.58. The summed E-state index contributed by atoms with van der Waals surface area (Å²) in [7, 11) is 1.85. The summed E-state index contributed by atoms with van der Waals surface area (Å²) in [5.41, 5.74) is 2.53. The first-order valence-electron chi connectivity index (χ1n) is 6.58. The quantitative estimate of drug-likeness (QED) is 0.790. The van der Waals surface area contributed by atoms with Gasteiger partial charge in [0.05, 0.1) is 11.9 Å². The van der Waals surface area contributed by atoms with Crippen molar-refractivity contribution in [3.05, 3.63) is 23.7 Å². The van der Waals surface area contributed by atoms with Crippen molar-refractivity contribution in [1.29, 1.82) is 0 Å². The molecule has 3 aromatic rings. The molecule has 0 spiro atoms. The maximum atomic E-state index is 12.2. The van der Waals surface area contributed by atoms with Crippen molar-refractivity contribution >= 4 is 22.8 Å². The summed E-state index contributed by atoms with van der Waals surface area (Å²) in [5, 5.41) is 15.2. The third kappa shape index (κ3) is 2.28. The van der Waals surface area contributed by atoms with Crippen LogP contribution in [0.15, 0.2) is 16.8 Å². The number of hydrogen-bond donors (Lipinski definition) is 1. The van der Waals surface area contributed by atoms with Crippen LogP contribution >= 0.6 is 0 Å². The molecule has 0 fully saturated rings. The van der Waals surface area contributed by atoms with Gasteiger partial charge in [0.15, 0.2) is 5.82 Å². The molecule has 3 rings (SSSR count). The molecule has 0 saturated heterocycles. The molecule has 0 aliphatic carbocycles. The second-order valence-corrected chi connectivity index (χ2v) is 5.04. The summed E-state index contributed by atoms with van der Waals surface area (Å²) in [6.45, 7) is 5.43. The number of hydrogen-bond acceptors (Lipinski definition) is 5. The minimum Gasteiger partial charge on any atom is -0.360 e. The van der Waals surface area contributed by atoms with Crippen molar-refractivity contribution in [3.8, 4) is 0 Å². The van der Waals surface area contributed by atoms with Gasteiger partial charge in [-0.05, 0) is 20.8 Å². The predicted octanol–water partition coefficient (Wildman–Crippen LogP) is 1.57. The largest absolute Gasteiger partial charge is 0.360 e. The van der Waals surface area contributed by atoms with Gasteiger partial charge in [-0.2, -0.15) is 10.2 Å². The van der Waals surface area contributed by atoms with Gasteiger partial charge in [0.25, 0.3) is 0 Å². The summed E-state index contributed by atoms with van der Waals surface area (Å²) in [4.78, 5) is 12.2. The van der Waals surface area contributed by atoms with Crippen LogP contribution in [0.2, 0.25) is 0 Å². The Hall–Kier alpha value is -2.64. The van der Waals surface area contributed by atoms with Gasteiger partial charge in [-0.3, -0.25) is 14.2 Å². The van der Waals surface area contributed by atoms with Gasteiger partial charge in [0.1, 0.15) is 22.8 Å². The standard InChI is InChI=1S/C13H16N6O2/c1-7-5-11(17-21-7)14-13(20)9(3)19-6-10-12(16-19)8(2)15-18(10)4/h5-6,9H,1-4H3,(H,14,17,20)/t9-/m1/s1. The zero-order chi connectivity index (χ0) is 15.1. The van der Waals surface area contributed by atoms with Crippen LogP contribution in [0.3, 0.4) is 0 Å². The molecule has 8 nitrogen and oxygen atoms in total. The van der Waals surface area contributed by atoms with Gasteiger partial charge in [0, 0.05) is 13.1 Å². The Balaban J connectivity index is 1.84. The number of nitrogens with one attached hydrogen (secondary N) is 1. The summed E-state index contributed by atoms with van der Waals surface area (Å²) >= 11 is 0. The van der Waals surface area contributed by atoms with Crippen molar-refractivity contribution in [3.63, 3.8) is 0 Å². The normalized spacial score (nSPS) is 12.8. The molecule has 0 unspecified atom stereocenters. The number of aromatic nitrogens is 5. The van der Waals surface area contributed by atoms with Crippen LogP contribution in [0.1, 0.15) is 24.4 Å². The van der Waals surface area contributed by atoms with Crippen LogP contribution in [0.25, 0.3) is 11.0 Å². The average Bonchev–Trinajstić information content (AvgIpc) is 3.09. The van der Waals surface area contributed by atoms with E-state index in [1.807, 2.05) is 20.2 Å². The zero-order valence-electron chi connectivity index (χ0n) is 12.3. The molecule has 3 heterocycles. The third-order valence-electron chi connectivity index (χ3n) is 3.36. The Morgan fingerprint density at radius 1 is 1.38 bits per heavy atom. The Morgan fingerprint density at radius 3 is 2.76 bits per heavy atom. The van der Waals surface area contributed by atoms with Crippen LogP contribution < -0.4 is 5.32 Å². The number of fused-ring (bicyclic) bond motifs is 1.